The Kier molecular flexibility index (Phi) is 5.30. The van der Waals surface area contributed by atoms with Gasteiger partial charge in [-0.25, -0.2) is 0 Å². The zero-order valence-corrected chi connectivity index (χ0v) is 12.3. The predicted molar refractivity (Wildman–Crippen MR) is 80.3 cm³/mol. The van der Waals surface area contributed by atoms with Crippen LogP contribution in [0, 0.1) is 0 Å². The summed E-state index contributed by atoms with van der Waals surface area (Å²) >= 11 is 4.90. The molecule has 0 aliphatic carbocycles. The second-order valence-electron chi connectivity index (χ2n) is 4.89. The molecule has 0 heterocycles. The van der Waals surface area contributed by atoms with E-state index in [1.807, 2.05) is 24.3 Å². The Bertz CT molecular complexity index is 455. The minimum Gasteiger partial charge on any atom is -0.497 e. The molecule has 0 fully saturated rings. The Morgan fingerprint density at radius 2 is 1.95 bits per heavy atom. The van der Waals surface area contributed by atoms with Crippen molar-refractivity contribution < 1.29 is 9.53 Å². The average molecular weight is 280 g/mol. The van der Waals surface area contributed by atoms with E-state index in [0.717, 1.165) is 11.3 Å². The van der Waals surface area contributed by atoms with Gasteiger partial charge in [-0.1, -0.05) is 24.4 Å². The lowest BCUT2D eigenvalue weighted by atomic mass is 10.0. The van der Waals surface area contributed by atoms with E-state index in [-0.39, 0.29) is 10.9 Å². The molecule has 0 bridgehead atoms. The highest BCUT2D eigenvalue weighted by molar-refractivity contribution is 7.80. The quantitative estimate of drug-likeness (QED) is 0.780. The monoisotopic (exact) mass is 280 g/mol. The molecule has 0 radical (unpaired) electrons. The molecule has 3 N–H and O–H groups in total. The highest BCUT2D eigenvalue weighted by Crippen LogP contribution is 2.13. The number of nitrogens with one attached hydrogen (secondary N) is 1. The Morgan fingerprint density at radius 1 is 1.37 bits per heavy atom. The lowest BCUT2D eigenvalue weighted by Crippen LogP contribution is -2.52. The number of hydrogen-bond donors (Lipinski definition) is 2. The fraction of sp³-hybridized carbons (Fsp3) is 0.429. The Labute approximate surface area is 119 Å². The smallest absolute Gasteiger partial charge is 0.221 e. The summed E-state index contributed by atoms with van der Waals surface area (Å²) in [7, 11) is 1.63. The third-order valence-corrected chi connectivity index (χ3v) is 3.38. The third kappa shape index (κ3) is 4.87. The summed E-state index contributed by atoms with van der Waals surface area (Å²) in [4.78, 5) is 12.1. The van der Waals surface area contributed by atoms with Crippen LogP contribution in [0.5, 0.6) is 5.75 Å². The van der Waals surface area contributed by atoms with Crippen molar-refractivity contribution in [1.29, 1.82) is 0 Å². The van der Waals surface area contributed by atoms with Gasteiger partial charge in [0.1, 0.15) is 5.75 Å². The van der Waals surface area contributed by atoms with Crippen molar-refractivity contribution in [2.75, 3.05) is 7.11 Å². The van der Waals surface area contributed by atoms with Gasteiger partial charge in [0.2, 0.25) is 5.91 Å². The number of benzene rings is 1. The fourth-order valence-electron chi connectivity index (χ4n) is 1.52. The van der Waals surface area contributed by atoms with E-state index in [9.17, 15) is 4.79 Å². The van der Waals surface area contributed by atoms with Gasteiger partial charge in [0.25, 0.3) is 0 Å². The van der Waals surface area contributed by atoms with E-state index in [2.05, 4.69) is 5.32 Å². The van der Waals surface area contributed by atoms with E-state index in [0.29, 0.717) is 12.8 Å². The van der Waals surface area contributed by atoms with Crippen LogP contribution in [0.4, 0.5) is 0 Å². The van der Waals surface area contributed by atoms with Crippen LogP contribution < -0.4 is 15.8 Å². The summed E-state index contributed by atoms with van der Waals surface area (Å²) < 4.78 is 5.08. The van der Waals surface area contributed by atoms with Gasteiger partial charge in [-0.2, -0.15) is 0 Å². The van der Waals surface area contributed by atoms with Crippen LogP contribution in [0.15, 0.2) is 24.3 Å². The van der Waals surface area contributed by atoms with Crippen LogP contribution in [0.25, 0.3) is 0 Å². The lowest BCUT2D eigenvalue weighted by molar-refractivity contribution is -0.122. The molecule has 1 amide bonds. The number of ether oxygens (including phenoxy) is 1. The van der Waals surface area contributed by atoms with E-state index < -0.39 is 5.54 Å². The summed E-state index contributed by atoms with van der Waals surface area (Å²) in [6.45, 7) is 3.58. The van der Waals surface area contributed by atoms with E-state index >= 15 is 0 Å². The van der Waals surface area contributed by atoms with E-state index in [1.54, 1.807) is 21.0 Å². The van der Waals surface area contributed by atoms with Gasteiger partial charge in [-0.05, 0) is 38.0 Å². The first-order chi connectivity index (χ1) is 8.85. The first-order valence-corrected chi connectivity index (χ1v) is 6.50. The van der Waals surface area contributed by atoms with Crippen LogP contribution in [0.3, 0.4) is 0 Å². The Hall–Kier alpha value is -1.62. The summed E-state index contributed by atoms with van der Waals surface area (Å²) in [6.07, 6.45) is 1.07. The van der Waals surface area contributed by atoms with Crippen LogP contribution in [0.1, 0.15) is 25.8 Å². The number of carbonyl (C=O) groups excluding carboxylic acids is 1. The van der Waals surface area contributed by atoms with Gasteiger partial charge < -0.3 is 15.8 Å². The molecule has 0 saturated heterocycles. The second-order valence-corrected chi connectivity index (χ2v) is 5.33. The predicted octanol–water partition coefficient (Wildman–Crippen LogP) is 1.81. The number of carbonyl (C=O) groups is 1. The molecule has 4 nitrogen and oxygen atoms in total. The number of amides is 1. The molecule has 0 unspecified atom stereocenters. The average Bonchev–Trinajstić information content (AvgIpc) is 2.36. The molecule has 0 atom stereocenters. The van der Waals surface area contributed by atoms with Gasteiger partial charge in [0, 0.05) is 6.42 Å². The van der Waals surface area contributed by atoms with Crippen molar-refractivity contribution in [3.05, 3.63) is 29.8 Å². The molecule has 104 valence electrons. The first kappa shape index (κ1) is 15.4. The maximum absolute atomic E-state index is 11.8. The van der Waals surface area contributed by atoms with Gasteiger partial charge >= 0.3 is 0 Å². The van der Waals surface area contributed by atoms with Gasteiger partial charge in [0.15, 0.2) is 0 Å². The number of rotatable bonds is 6. The summed E-state index contributed by atoms with van der Waals surface area (Å²) in [5, 5.41) is 2.82. The summed E-state index contributed by atoms with van der Waals surface area (Å²) in [6, 6.07) is 7.66. The van der Waals surface area contributed by atoms with Gasteiger partial charge in [0.05, 0.1) is 17.6 Å². The van der Waals surface area contributed by atoms with Gasteiger partial charge in [-0.15, -0.1) is 0 Å². The normalized spacial score (nSPS) is 10.9. The van der Waals surface area contributed by atoms with Crippen LogP contribution in [-0.2, 0) is 11.2 Å². The highest BCUT2D eigenvalue weighted by atomic mass is 32.1. The molecule has 1 aromatic carbocycles. The van der Waals surface area contributed by atoms with Crippen molar-refractivity contribution in [2.24, 2.45) is 5.73 Å². The number of aryl methyl sites for hydroxylation is 1. The molecule has 0 saturated carbocycles. The molecule has 0 spiro atoms. The highest BCUT2D eigenvalue weighted by Gasteiger charge is 2.23. The van der Waals surface area contributed by atoms with Gasteiger partial charge in [-0.3, -0.25) is 4.79 Å². The first-order valence-electron chi connectivity index (χ1n) is 6.09. The van der Waals surface area contributed by atoms with E-state index in [1.165, 1.54) is 0 Å². The minimum atomic E-state index is -0.647. The zero-order valence-electron chi connectivity index (χ0n) is 11.5. The summed E-state index contributed by atoms with van der Waals surface area (Å²) in [5.41, 5.74) is 6.00. The molecule has 19 heavy (non-hydrogen) atoms. The van der Waals surface area contributed by atoms with Crippen LogP contribution in [0.2, 0.25) is 0 Å². The van der Waals surface area contributed by atoms with Crippen molar-refractivity contribution in [3.63, 3.8) is 0 Å². The van der Waals surface area contributed by atoms with Crippen molar-refractivity contribution in [1.82, 2.24) is 5.32 Å². The molecule has 1 aromatic rings. The Morgan fingerprint density at radius 3 is 2.42 bits per heavy atom. The van der Waals surface area contributed by atoms with Crippen molar-refractivity contribution in [2.45, 2.75) is 32.2 Å². The largest absolute Gasteiger partial charge is 0.497 e. The van der Waals surface area contributed by atoms with Crippen LogP contribution >= 0.6 is 12.2 Å². The maximum Gasteiger partial charge on any atom is 0.221 e. The minimum absolute atomic E-state index is 0.0615. The van der Waals surface area contributed by atoms with E-state index in [4.69, 9.17) is 22.7 Å². The molecule has 0 aliphatic rings. The topological polar surface area (TPSA) is 64.3 Å². The second kappa shape index (κ2) is 6.52. The maximum atomic E-state index is 11.8. The molecule has 1 rings (SSSR count). The van der Waals surface area contributed by atoms with Crippen LogP contribution in [-0.4, -0.2) is 23.5 Å². The summed E-state index contributed by atoms with van der Waals surface area (Å²) in [5.74, 6) is 0.747. The molecular weight excluding hydrogens is 260 g/mol. The SMILES string of the molecule is COc1ccc(CCC(=O)NC(C)(C)C(N)=S)cc1. The number of nitrogens with two attached hydrogens (primary N) is 1. The lowest BCUT2D eigenvalue weighted by Gasteiger charge is -2.24. The fourth-order valence-corrected chi connectivity index (χ4v) is 1.57. The number of thiocarbonyl (C=S) groups is 1. The molecule has 0 aliphatic heterocycles. The molecular formula is C14H20N2O2S. The number of methoxy groups -OCH3 is 1. The van der Waals surface area contributed by atoms with Crippen molar-refractivity contribution >= 4 is 23.1 Å². The molecule has 0 aromatic heterocycles. The zero-order chi connectivity index (χ0) is 14.5. The molecule has 5 heteroatoms. The third-order valence-electron chi connectivity index (χ3n) is 2.87. The van der Waals surface area contributed by atoms with Crippen molar-refractivity contribution in [3.8, 4) is 5.75 Å². The Balaban J connectivity index is 2.48. The standard InChI is InChI=1S/C14H20N2O2S/c1-14(2,13(15)19)16-12(17)9-6-10-4-7-11(18-3)8-5-10/h4-5,7-8H,6,9H2,1-3H3,(H2,15,19)(H,16,17). The number of hydrogen-bond acceptors (Lipinski definition) is 3.